The van der Waals surface area contributed by atoms with Crippen molar-refractivity contribution in [2.75, 3.05) is 13.2 Å². The SMILES string of the molecule is CC1(C)COP(=O)(c2cccc(C(=O)c3cc(Cl)ccc3Cl)c2)OC1. The van der Waals surface area contributed by atoms with E-state index in [9.17, 15) is 9.36 Å². The minimum Gasteiger partial charge on any atom is -0.305 e. The molecule has 1 fully saturated rings. The van der Waals surface area contributed by atoms with Gasteiger partial charge in [-0.05, 0) is 30.3 Å². The number of hydrogen-bond donors (Lipinski definition) is 0. The molecule has 0 amide bonds. The van der Waals surface area contributed by atoms with Gasteiger partial charge < -0.3 is 9.05 Å². The predicted molar refractivity (Wildman–Crippen MR) is 99.3 cm³/mol. The van der Waals surface area contributed by atoms with E-state index < -0.39 is 7.60 Å². The molecule has 3 rings (SSSR count). The van der Waals surface area contributed by atoms with Crippen LogP contribution in [-0.4, -0.2) is 19.0 Å². The van der Waals surface area contributed by atoms with Crippen LogP contribution in [-0.2, 0) is 13.6 Å². The van der Waals surface area contributed by atoms with Gasteiger partial charge in [0.2, 0.25) is 0 Å². The highest BCUT2D eigenvalue weighted by atomic mass is 35.5. The molecule has 2 aromatic carbocycles. The Morgan fingerprint density at radius 2 is 1.76 bits per heavy atom. The van der Waals surface area contributed by atoms with E-state index in [4.69, 9.17) is 32.2 Å². The first kappa shape index (κ1) is 18.6. The van der Waals surface area contributed by atoms with Crippen molar-refractivity contribution < 1.29 is 18.4 Å². The molecule has 25 heavy (non-hydrogen) atoms. The molecular weight excluding hydrogens is 382 g/mol. The first-order valence-corrected chi connectivity index (χ1v) is 10.00. The minimum atomic E-state index is -3.44. The van der Waals surface area contributed by atoms with Crippen molar-refractivity contribution in [3.05, 3.63) is 63.6 Å². The molecule has 0 spiro atoms. The Morgan fingerprint density at radius 1 is 1.08 bits per heavy atom. The van der Waals surface area contributed by atoms with E-state index >= 15 is 0 Å². The van der Waals surface area contributed by atoms with Gasteiger partial charge in [0.15, 0.2) is 5.78 Å². The van der Waals surface area contributed by atoms with Gasteiger partial charge >= 0.3 is 7.60 Å². The van der Waals surface area contributed by atoms with Gasteiger partial charge in [0.05, 0.1) is 23.5 Å². The standard InChI is InChI=1S/C18H17Cl2O4P/c1-18(2)10-23-25(22,24-11-18)14-5-3-4-12(8-14)17(21)15-9-13(19)6-7-16(15)20/h3-9H,10-11H2,1-2H3. The van der Waals surface area contributed by atoms with Crippen molar-refractivity contribution in [1.29, 1.82) is 0 Å². The molecule has 0 unspecified atom stereocenters. The van der Waals surface area contributed by atoms with E-state index in [0.29, 0.717) is 34.1 Å². The normalized spacial score (nSPS) is 18.7. The fourth-order valence-electron chi connectivity index (χ4n) is 2.39. The lowest BCUT2D eigenvalue weighted by atomic mass is 9.97. The van der Waals surface area contributed by atoms with Crippen LogP contribution in [0.15, 0.2) is 42.5 Å². The maximum atomic E-state index is 13.0. The van der Waals surface area contributed by atoms with Crippen LogP contribution >= 0.6 is 30.8 Å². The first-order chi connectivity index (χ1) is 11.7. The molecular formula is C18H17Cl2O4P. The molecule has 0 radical (unpaired) electrons. The lowest BCUT2D eigenvalue weighted by Crippen LogP contribution is -2.32. The van der Waals surface area contributed by atoms with Crippen LogP contribution in [0.5, 0.6) is 0 Å². The van der Waals surface area contributed by atoms with Crippen molar-refractivity contribution in [2.24, 2.45) is 5.41 Å². The summed E-state index contributed by atoms with van der Waals surface area (Å²) in [5.41, 5.74) is 0.431. The van der Waals surface area contributed by atoms with Crippen molar-refractivity contribution in [2.45, 2.75) is 13.8 Å². The van der Waals surface area contributed by atoms with Crippen LogP contribution in [0.25, 0.3) is 0 Å². The summed E-state index contributed by atoms with van der Waals surface area (Å²) in [6.45, 7) is 4.58. The molecule has 1 aliphatic heterocycles. The van der Waals surface area contributed by atoms with Gasteiger partial charge in [0.25, 0.3) is 0 Å². The molecule has 0 saturated carbocycles. The van der Waals surface area contributed by atoms with Crippen molar-refractivity contribution in [3.63, 3.8) is 0 Å². The van der Waals surface area contributed by atoms with E-state index in [1.54, 1.807) is 30.3 Å². The van der Waals surface area contributed by atoms with E-state index in [-0.39, 0.29) is 16.8 Å². The average Bonchev–Trinajstić information content (AvgIpc) is 2.59. The number of ketones is 1. The Labute approximate surface area is 156 Å². The van der Waals surface area contributed by atoms with Gasteiger partial charge in [-0.1, -0.05) is 49.2 Å². The van der Waals surface area contributed by atoms with Crippen molar-refractivity contribution in [1.82, 2.24) is 0 Å². The Kier molecular flexibility index (Phi) is 5.11. The smallest absolute Gasteiger partial charge is 0.305 e. The topological polar surface area (TPSA) is 52.6 Å². The Morgan fingerprint density at radius 3 is 2.44 bits per heavy atom. The Bertz CT molecular complexity index is 865. The van der Waals surface area contributed by atoms with Gasteiger partial charge in [-0.3, -0.25) is 9.36 Å². The highest BCUT2D eigenvalue weighted by Crippen LogP contribution is 2.52. The fourth-order valence-corrected chi connectivity index (χ4v) is 4.74. The van der Waals surface area contributed by atoms with Crippen LogP contribution in [0, 0.1) is 5.41 Å². The van der Waals surface area contributed by atoms with Crippen LogP contribution < -0.4 is 5.30 Å². The van der Waals surface area contributed by atoms with E-state index in [1.807, 2.05) is 13.8 Å². The Balaban J connectivity index is 1.93. The maximum Gasteiger partial charge on any atom is 0.361 e. The third-order valence-corrected chi connectivity index (χ3v) is 6.26. The zero-order valence-corrected chi connectivity index (χ0v) is 16.2. The second kappa shape index (κ2) is 6.86. The molecule has 1 heterocycles. The number of carbonyl (C=O) groups is 1. The summed E-state index contributed by atoms with van der Waals surface area (Å²) in [6, 6.07) is 11.1. The molecule has 7 heteroatoms. The van der Waals surface area contributed by atoms with Gasteiger partial charge in [-0.25, -0.2) is 0 Å². The number of hydrogen-bond acceptors (Lipinski definition) is 4. The van der Waals surface area contributed by atoms with Crippen LogP contribution in [0.3, 0.4) is 0 Å². The number of halogens is 2. The van der Waals surface area contributed by atoms with Crippen LogP contribution in [0.2, 0.25) is 10.0 Å². The number of carbonyl (C=O) groups excluding carboxylic acids is 1. The van der Waals surface area contributed by atoms with E-state index in [0.717, 1.165) is 0 Å². The average molecular weight is 399 g/mol. The quantitative estimate of drug-likeness (QED) is 0.531. The third kappa shape index (κ3) is 3.99. The van der Waals surface area contributed by atoms with E-state index in [2.05, 4.69) is 0 Å². The molecule has 132 valence electrons. The minimum absolute atomic E-state index is 0.199. The lowest BCUT2D eigenvalue weighted by molar-refractivity contribution is 0.0463. The molecule has 0 aliphatic carbocycles. The largest absolute Gasteiger partial charge is 0.361 e. The van der Waals surface area contributed by atoms with Gasteiger partial charge in [0.1, 0.15) is 0 Å². The number of rotatable bonds is 3. The summed E-state index contributed by atoms with van der Waals surface area (Å²) < 4.78 is 24.0. The fraction of sp³-hybridized carbons (Fsp3) is 0.278. The molecule has 0 bridgehead atoms. The molecule has 1 saturated heterocycles. The van der Waals surface area contributed by atoms with Gasteiger partial charge in [-0.15, -0.1) is 0 Å². The molecule has 0 atom stereocenters. The summed E-state index contributed by atoms with van der Waals surface area (Å²) in [7, 11) is -3.44. The highest BCUT2D eigenvalue weighted by molar-refractivity contribution is 7.62. The predicted octanol–water partition coefficient (Wildman–Crippen LogP) is 5.12. The molecule has 2 aromatic rings. The second-order valence-corrected chi connectivity index (χ2v) is 9.58. The molecule has 4 nitrogen and oxygen atoms in total. The van der Waals surface area contributed by atoms with Crippen molar-refractivity contribution in [3.8, 4) is 0 Å². The summed E-state index contributed by atoms with van der Waals surface area (Å²) in [5.74, 6) is -0.307. The molecule has 1 aliphatic rings. The second-order valence-electron chi connectivity index (χ2n) is 6.71. The van der Waals surface area contributed by atoms with Crippen molar-refractivity contribution >= 4 is 41.9 Å². The molecule has 0 N–H and O–H groups in total. The summed E-state index contributed by atoms with van der Waals surface area (Å²) in [6.07, 6.45) is 0. The molecule has 0 aromatic heterocycles. The maximum absolute atomic E-state index is 13.0. The summed E-state index contributed by atoms with van der Waals surface area (Å²) >= 11 is 12.1. The van der Waals surface area contributed by atoms with Crippen LogP contribution in [0.1, 0.15) is 29.8 Å². The summed E-state index contributed by atoms with van der Waals surface area (Å²) in [4.78, 5) is 12.7. The monoisotopic (exact) mass is 398 g/mol. The third-order valence-electron chi connectivity index (χ3n) is 3.85. The number of benzene rings is 2. The zero-order chi connectivity index (χ0) is 18.2. The lowest BCUT2D eigenvalue weighted by Gasteiger charge is -2.34. The summed E-state index contributed by atoms with van der Waals surface area (Å²) in [5, 5.41) is 1.07. The van der Waals surface area contributed by atoms with Gasteiger partial charge in [0, 0.05) is 21.6 Å². The highest BCUT2D eigenvalue weighted by Gasteiger charge is 2.38. The van der Waals surface area contributed by atoms with Gasteiger partial charge in [-0.2, -0.15) is 0 Å². The first-order valence-electron chi connectivity index (χ1n) is 7.70. The zero-order valence-electron chi connectivity index (χ0n) is 13.8. The Hall–Kier alpha value is -1.16. The van der Waals surface area contributed by atoms with E-state index in [1.165, 1.54) is 12.1 Å². The van der Waals surface area contributed by atoms with Crippen LogP contribution in [0.4, 0.5) is 0 Å².